The van der Waals surface area contributed by atoms with Crippen LogP contribution >= 0.6 is 0 Å². The Bertz CT molecular complexity index is 1050. The van der Waals surface area contributed by atoms with Crippen molar-refractivity contribution in [2.75, 3.05) is 11.9 Å². The lowest BCUT2D eigenvalue weighted by Gasteiger charge is -2.42. The molecular weight excluding hydrogens is 446 g/mol. The number of carbonyl (C=O) groups excluding carboxylic acids is 2. The number of ether oxygens (including phenoxy) is 1. The molecule has 1 aliphatic carbocycles. The molecule has 1 aliphatic heterocycles. The standard InChI is InChI=1S/C23H30F2N6O3/c1-4-34-21(33)17-7-10-31(29-17)22-27-16(13-30-18(14(2)3)12-20(30)32)11-19(28-22)26-15-5-8-23(24,25)9-6-15/h7,10-11,14-15,18H,4-6,8-9,12-13H2,1-3H3,(H,26,27,28). The molecule has 0 radical (unpaired) electrons. The van der Waals surface area contributed by atoms with Crippen molar-refractivity contribution in [1.29, 1.82) is 0 Å². The van der Waals surface area contributed by atoms with Gasteiger partial charge in [0.2, 0.25) is 11.8 Å². The number of alkyl halides is 2. The Labute approximate surface area is 196 Å². The van der Waals surface area contributed by atoms with Crippen molar-refractivity contribution < 1.29 is 23.1 Å². The number of nitrogens with zero attached hydrogens (tertiary/aromatic N) is 5. The number of aromatic nitrogens is 4. The van der Waals surface area contributed by atoms with E-state index in [9.17, 15) is 18.4 Å². The van der Waals surface area contributed by atoms with Crippen LogP contribution in [0.25, 0.3) is 5.95 Å². The highest BCUT2D eigenvalue weighted by Gasteiger charge is 2.38. The summed E-state index contributed by atoms with van der Waals surface area (Å²) in [4.78, 5) is 35.1. The zero-order valence-electron chi connectivity index (χ0n) is 19.6. The van der Waals surface area contributed by atoms with E-state index in [1.165, 1.54) is 10.7 Å². The number of halogens is 2. The Morgan fingerprint density at radius 1 is 1.29 bits per heavy atom. The first kappa shape index (κ1) is 24.0. The van der Waals surface area contributed by atoms with Gasteiger partial charge in [-0.1, -0.05) is 13.8 Å². The van der Waals surface area contributed by atoms with E-state index in [-0.39, 0.29) is 49.1 Å². The second-order valence-electron chi connectivity index (χ2n) is 9.22. The predicted molar refractivity (Wildman–Crippen MR) is 120 cm³/mol. The first-order valence-corrected chi connectivity index (χ1v) is 11.7. The second kappa shape index (κ2) is 9.63. The van der Waals surface area contributed by atoms with Gasteiger partial charge < -0.3 is 15.0 Å². The number of carbonyl (C=O) groups is 2. The minimum Gasteiger partial charge on any atom is -0.461 e. The molecule has 2 fully saturated rings. The van der Waals surface area contributed by atoms with Crippen LogP contribution in [0.5, 0.6) is 0 Å². The van der Waals surface area contributed by atoms with E-state index >= 15 is 0 Å². The van der Waals surface area contributed by atoms with Gasteiger partial charge in [-0.25, -0.2) is 23.2 Å². The van der Waals surface area contributed by atoms with Gasteiger partial charge in [-0.3, -0.25) is 4.79 Å². The number of hydrogen-bond acceptors (Lipinski definition) is 7. The number of likely N-dealkylation sites (tertiary alicyclic amines) is 1. The lowest BCUT2D eigenvalue weighted by atomic mass is 9.91. The molecule has 1 saturated heterocycles. The minimum atomic E-state index is -2.62. The Morgan fingerprint density at radius 3 is 2.68 bits per heavy atom. The molecule has 0 spiro atoms. The summed E-state index contributed by atoms with van der Waals surface area (Å²) in [5.41, 5.74) is 0.721. The quantitative estimate of drug-likeness (QED) is 0.459. The zero-order chi connectivity index (χ0) is 24.5. The number of anilines is 1. The third-order valence-electron chi connectivity index (χ3n) is 6.32. The summed E-state index contributed by atoms with van der Waals surface area (Å²) < 4.78 is 33.5. The van der Waals surface area contributed by atoms with Crippen LogP contribution in [0.15, 0.2) is 18.3 Å². The lowest BCUT2D eigenvalue weighted by molar-refractivity contribution is -0.149. The van der Waals surface area contributed by atoms with E-state index in [0.717, 1.165) is 0 Å². The van der Waals surface area contributed by atoms with E-state index in [1.807, 2.05) is 0 Å². The minimum absolute atomic E-state index is 0.0616. The van der Waals surface area contributed by atoms with Gasteiger partial charge in [-0.15, -0.1) is 0 Å². The SMILES string of the molecule is CCOC(=O)c1ccn(-c2nc(CN3C(=O)CC3C(C)C)cc(NC3CCC(F)(F)CC3)n2)n1. The summed E-state index contributed by atoms with van der Waals surface area (Å²) in [6, 6.07) is 3.26. The van der Waals surface area contributed by atoms with Gasteiger partial charge >= 0.3 is 5.97 Å². The van der Waals surface area contributed by atoms with E-state index in [2.05, 4.69) is 34.2 Å². The Hall–Kier alpha value is -3.11. The van der Waals surface area contributed by atoms with Crippen molar-refractivity contribution in [2.45, 2.75) is 77.4 Å². The van der Waals surface area contributed by atoms with Crippen molar-refractivity contribution >= 4 is 17.7 Å². The van der Waals surface area contributed by atoms with Crippen LogP contribution in [0, 0.1) is 5.92 Å². The molecule has 0 bridgehead atoms. The Morgan fingerprint density at radius 2 is 2.03 bits per heavy atom. The maximum absolute atomic E-state index is 13.6. The topological polar surface area (TPSA) is 102 Å². The predicted octanol–water partition coefficient (Wildman–Crippen LogP) is 3.59. The largest absolute Gasteiger partial charge is 0.461 e. The van der Waals surface area contributed by atoms with Crippen LogP contribution in [0.1, 0.15) is 69.1 Å². The number of β-lactam (4-membered cyclic amide) rings is 1. The molecule has 1 amide bonds. The fourth-order valence-electron chi connectivity index (χ4n) is 4.34. The third kappa shape index (κ3) is 5.34. The van der Waals surface area contributed by atoms with Crippen LogP contribution in [-0.2, 0) is 16.1 Å². The lowest BCUT2D eigenvalue weighted by Crippen LogP contribution is -2.54. The fourth-order valence-corrected chi connectivity index (χ4v) is 4.34. The van der Waals surface area contributed by atoms with Crippen LogP contribution in [0.4, 0.5) is 14.6 Å². The van der Waals surface area contributed by atoms with Crippen molar-refractivity contribution in [2.24, 2.45) is 5.92 Å². The van der Waals surface area contributed by atoms with E-state index in [0.29, 0.717) is 43.2 Å². The number of rotatable bonds is 8. The second-order valence-corrected chi connectivity index (χ2v) is 9.22. The van der Waals surface area contributed by atoms with Crippen LogP contribution < -0.4 is 5.32 Å². The van der Waals surface area contributed by atoms with Crippen molar-refractivity contribution in [3.63, 3.8) is 0 Å². The molecule has 1 N–H and O–H groups in total. The molecule has 2 aromatic heterocycles. The number of nitrogens with one attached hydrogen (secondary N) is 1. The van der Waals surface area contributed by atoms with Crippen LogP contribution in [0.3, 0.4) is 0 Å². The highest BCUT2D eigenvalue weighted by molar-refractivity contribution is 5.87. The highest BCUT2D eigenvalue weighted by atomic mass is 19.3. The normalized spacial score (nSPS) is 20.4. The Kier molecular flexibility index (Phi) is 6.81. The summed E-state index contributed by atoms with van der Waals surface area (Å²) in [7, 11) is 0. The molecule has 2 aliphatic rings. The van der Waals surface area contributed by atoms with Crippen LogP contribution in [-0.4, -0.2) is 61.1 Å². The fraction of sp³-hybridized carbons (Fsp3) is 0.609. The van der Waals surface area contributed by atoms with Gasteiger partial charge in [0.1, 0.15) is 5.82 Å². The third-order valence-corrected chi connectivity index (χ3v) is 6.32. The van der Waals surface area contributed by atoms with Gasteiger partial charge in [-0.05, 0) is 31.7 Å². The molecule has 34 heavy (non-hydrogen) atoms. The molecular formula is C23H30F2N6O3. The molecule has 3 heterocycles. The molecule has 1 unspecified atom stereocenters. The highest BCUT2D eigenvalue weighted by Crippen LogP contribution is 2.34. The monoisotopic (exact) mass is 476 g/mol. The van der Waals surface area contributed by atoms with Gasteiger partial charge in [0.05, 0.1) is 18.8 Å². The number of amides is 1. The summed E-state index contributed by atoms with van der Waals surface area (Å²) in [5.74, 6) is -2.11. The average Bonchev–Trinajstić information content (AvgIpc) is 3.28. The summed E-state index contributed by atoms with van der Waals surface area (Å²) in [5, 5.41) is 7.48. The first-order valence-electron chi connectivity index (χ1n) is 11.7. The molecule has 11 heteroatoms. The first-order chi connectivity index (χ1) is 16.1. The van der Waals surface area contributed by atoms with Gasteiger partial charge in [0, 0.05) is 43.6 Å². The van der Waals surface area contributed by atoms with E-state index in [1.54, 1.807) is 24.1 Å². The number of hydrogen-bond donors (Lipinski definition) is 1. The van der Waals surface area contributed by atoms with E-state index in [4.69, 9.17) is 4.74 Å². The van der Waals surface area contributed by atoms with Crippen molar-refractivity contribution in [3.05, 3.63) is 29.7 Å². The molecule has 1 atom stereocenters. The van der Waals surface area contributed by atoms with Crippen molar-refractivity contribution in [3.8, 4) is 5.95 Å². The van der Waals surface area contributed by atoms with Gasteiger partial charge in [-0.2, -0.15) is 10.1 Å². The maximum Gasteiger partial charge on any atom is 0.358 e. The molecule has 184 valence electrons. The molecule has 4 rings (SSSR count). The summed E-state index contributed by atoms with van der Waals surface area (Å²) >= 11 is 0. The average molecular weight is 477 g/mol. The van der Waals surface area contributed by atoms with Gasteiger partial charge in [0.25, 0.3) is 5.95 Å². The smallest absolute Gasteiger partial charge is 0.358 e. The number of esters is 1. The van der Waals surface area contributed by atoms with Crippen LogP contribution in [0.2, 0.25) is 0 Å². The van der Waals surface area contributed by atoms with Gasteiger partial charge in [0.15, 0.2) is 5.69 Å². The summed E-state index contributed by atoms with van der Waals surface area (Å²) in [6.07, 6.45) is 2.39. The molecule has 9 nitrogen and oxygen atoms in total. The molecule has 0 aromatic carbocycles. The van der Waals surface area contributed by atoms with Crippen molar-refractivity contribution in [1.82, 2.24) is 24.6 Å². The zero-order valence-corrected chi connectivity index (χ0v) is 19.6. The Balaban J connectivity index is 1.60. The summed E-state index contributed by atoms with van der Waals surface area (Å²) in [6.45, 7) is 6.39. The maximum atomic E-state index is 13.6. The van der Waals surface area contributed by atoms with E-state index < -0.39 is 11.9 Å². The molecule has 1 saturated carbocycles. The molecule has 2 aromatic rings.